The van der Waals surface area contributed by atoms with Gasteiger partial charge in [0.25, 0.3) is 5.91 Å². The SMILES string of the molecule is CC(C(=O)N1CCCCCC1)N1C(=O)c2ccccc2C1c1cn(C)c2ccccc12. The van der Waals surface area contributed by atoms with Crippen LogP contribution in [0, 0.1) is 0 Å². The highest BCUT2D eigenvalue weighted by atomic mass is 16.2. The van der Waals surface area contributed by atoms with Gasteiger partial charge in [0.15, 0.2) is 0 Å². The fourth-order valence-corrected chi connectivity index (χ4v) is 5.32. The van der Waals surface area contributed by atoms with Gasteiger partial charge in [-0.2, -0.15) is 0 Å². The predicted molar refractivity (Wildman–Crippen MR) is 122 cm³/mol. The van der Waals surface area contributed by atoms with Crippen molar-refractivity contribution < 1.29 is 9.59 Å². The maximum Gasteiger partial charge on any atom is 0.255 e. The van der Waals surface area contributed by atoms with Gasteiger partial charge in [0.05, 0.1) is 6.04 Å². The summed E-state index contributed by atoms with van der Waals surface area (Å²) in [6, 6.07) is 15.3. The molecule has 2 amide bonds. The summed E-state index contributed by atoms with van der Waals surface area (Å²) in [4.78, 5) is 30.9. The number of hydrogen-bond donors (Lipinski definition) is 0. The number of benzene rings is 2. The zero-order chi connectivity index (χ0) is 21.5. The number of carbonyl (C=O) groups is 2. The number of hydrogen-bond acceptors (Lipinski definition) is 2. The molecule has 2 aromatic carbocycles. The normalized spacial score (nSPS) is 20.1. The third-order valence-corrected chi connectivity index (χ3v) is 6.91. The lowest BCUT2D eigenvalue weighted by atomic mass is 9.97. The summed E-state index contributed by atoms with van der Waals surface area (Å²) < 4.78 is 2.11. The van der Waals surface area contributed by atoms with E-state index in [9.17, 15) is 9.59 Å². The molecule has 5 rings (SSSR count). The Bertz CT molecular complexity index is 1140. The van der Waals surface area contributed by atoms with E-state index in [1.54, 1.807) is 0 Å². The van der Waals surface area contributed by atoms with E-state index >= 15 is 0 Å². The molecule has 2 unspecified atom stereocenters. The molecular weight excluding hydrogens is 386 g/mol. The molecule has 0 radical (unpaired) electrons. The first-order valence-corrected chi connectivity index (χ1v) is 11.3. The van der Waals surface area contributed by atoms with Crippen LogP contribution in [0.25, 0.3) is 10.9 Å². The van der Waals surface area contributed by atoms with E-state index in [4.69, 9.17) is 0 Å². The monoisotopic (exact) mass is 415 g/mol. The van der Waals surface area contributed by atoms with Crippen LogP contribution in [-0.2, 0) is 11.8 Å². The predicted octanol–water partition coefficient (Wildman–Crippen LogP) is 4.51. The second kappa shape index (κ2) is 7.88. The minimum absolute atomic E-state index is 0.0517. The molecule has 0 aliphatic carbocycles. The van der Waals surface area contributed by atoms with Crippen molar-refractivity contribution in [2.45, 2.75) is 44.7 Å². The Morgan fingerprint density at radius 3 is 2.39 bits per heavy atom. The fraction of sp³-hybridized carbons (Fsp3) is 0.385. The van der Waals surface area contributed by atoms with Crippen LogP contribution < -0.4 is 0 Å². The van der Waals surface area contributed by atoms with Crippen LogP contribution in [0.2, 0.25) is 0 Å². The molecule has 31 heavy (non-hydrogen) atoms. The van der Waals surface area contributed by atoms with Gasteiger partial charge < -0.3 is 14.4 Å². The third-order valence-electron chi connectivity index (χ3n) is 6.91. The zero-order valence-electron chi connectivity index (χ0n) is 18.3. The number of para-hydroxylation sites is 1. The Morgan fingerprint density at radius 1 is 0.935 bits per heavy atom. The van der Waals surface area contributed by atoms with Gasteiger partial charge >= 0.3 is 0 Å². The van der Waals surface area contributed by atoms with Crippen molar-refractivity contribution in [1.29, 1.82) is 0 Å². The van der Waals surface area contributed by atoms with Crippen molar-refractivity contribution in [2.24, 2.45) is 7.05 Å². The highest BCUT2D eigenvalue weighted by Crippen LogP contribution is 2.43. The standard InChI is InChI=1S/C26H29N3O2/c1-18(25(30)28-15-9-3-4-10-16-28)29-24(20-12-5-6-13-21(20)26(29)31)22-17-27(2)23-14-8-7-11-19(22)23/h5-8,11-14,17-18,24H,3-4,9-10,15-16H2,1-2H3. The highest BCUT2D eigenvalue weighted by molar-refractivity contribution is 6.03. The molecule has 5 nitrogen and oxygen atoms in total. The van der Waals surface area contributed by atoms with Crippen molar-refractivity contribution in [3.05, 3.63) is 71.4 Å². The lowest BCUT2D eigenvalue weighted by molar-refractivity contribution is -0.135. The quantitative estimate of drug-likeness (QED) is 0.632. The molecule has 3 aromatic rings. The largest absolute Gasteiger partial charge is 0.350 e. The van der Waals surface area contributed by atoms with Gasteiger partial charge in [-0.1, -0.05) is 49.2 Å². The Kier molecular flexibility index (Phi) is 5.05. The lowest BCUT2D eigenvalue weighted by Gasteiger charge is -2.34. The van der Waals surface area contributed by atoms with Gasteiger partial charge in [0.2, 0.25) is 5.91 Å². The Labute approximate surface area is 183 Å². The van der Waals surface area contributed by atoms with E-state index in [0.29, 0.717) is 5.56 Å². The smallest absolute Gasteiger partial charge is 0.255 e. The number of carbonyl (C=O) groups excluding carboxylic acids is 2. The number of rotatable bonds is 3. The third kappa shape index (κ3) is 3.23. The maximum atomic E-state index is 13.6. The number of nitrogens with zero attached hydrogens (tertiary/aromatic N) is 3. The Balaban J connectivity index is 1.60. The van der Waals surface area contributed by atoms with Gasteiger partial charge in [-0.3, -0.25) is 9.59 Å². The molecule has 1 saturated heterocycles. The van der Waals surface area contributed by atoms with Crippen molar-refractivity contribution in [2.75, 3.05) is 13.1 Å². The van der Waals surface area contributed by atoms with Crippen LogP contribution in [0.3, 0.4) is 0 Å². The van der Waals surface area contributed by atoms with Crippen molar-refractivity contribution in [3.8, 4) is 0 Å². The van der Waals surface area contributed by atoms with Crippen LogP contribution in [0.15, 0.2) is 54.7 Å². The first kappa shape index (κ1) is 19.9. The average molecular weight is 416 g/mol. The van der Waals surface area contributed by atoms with Crippen LogP contribution in [0.1, 0.15) is 60.1 Å². The molecular formula is C26H29N3O2. The molecule has 2 aliphatic rings. The van der Waals surface area contributed by atoms with Crippen LogP contribution in [0.4, 0.5) is 0 Å². The van der Waals surface area contributed by atoms with Crippen LogP contribution >= 0.6 is 0 Å². The molecule has 160 valence electrons. The number of aromatic nitrogens is 1. The summed E-state index contributed by atoms with van der Waals surface area (Å²) >= 11 is 0. The summed E-state index contributed by atoms with van der Waals surface area (Å²) in [6.45, 7) is 3.48. The molecule has 1 aromatic heterocycles. The highest BCUT2D eigenvalue weighted by Gasteiger charge is 2.44. The molecule has 2 atom stereocenters. The minimum Gasteiger partial charge on any atom is -0.350 e. The molecule has 0 bridgehead atoms. The first-order valence-electron chi connectivity index (χ1n) is 11.3. The summed E-state index contributed by atoms with van der Waals surface area (Å²) in [6.07, 6.45) is 6.54. The molecule has 0 spiro atoms. The van der Waals surface area contributed by atoms with Gasteiger partial charge in [-0.25, -0.2) is 0 Å². The first-order chi connectivity index (χ1) is 15.1. The van der Waals surface area contributed by atoms with Crippen LogP contribution in [0.5, 0.6) is 0 Å². The van der Waals surface area contributed by atoms with Crippen LogP contribution in [-0.4, -0.2) is 45.3 Å². The maximum absolute atomic E-state index is 13.6. The number of aryl methyl sites for hydroxylation is 1. The molecule has 0 N–H and O–H groups in total. The van der Waals surface area contributed by atoms with E-state index in [0.717, 1.165) is 48.0 Å². The Morgan fingerprint density at radius 2 is 1.61 bits per heavy atom. The zero-order valence-corrected chi connectivity index (χ0v) is 18.3. The van der Waals surface area contributed by atoms with Crippen molar-refractivity contribution in [1.82, 2.24) is 14.4 Å². The number of amides is 2. The number of fused-ring (bicyclic) bond motifs is 2. The van der Waals surface area contributed by atoms with Crippen molar-refractivity contribution >= 4 is 22.7 Å². The summed E-state index contributed by atoms with van der Waals surface area (Å²) in [7, 11) is 2.03. The summed E-state index contributed by atoms with van der Waals surface area (Å²) in [5, 5.41) is 1.12. The second-order valence-electron chi connectivity index (χ2n) is 8.83. The van der Waals surface area contributed by atoms with E-state index < -0.39 is 6.04 Å². The van der Waals surface area contributed by atoms with Crippen molar-refractivity contribution in [3.63, 3.8) is 0 Å². The second-order valence-corrected chi connectivity index (χ2v) is 8.83. The molecule has 2 aliphatic heterocycles. The summed E-state index contributed by atoms with van der Waals surface area (Å²) in [5.74, 6) is 0.0116. The fourth-order valence-electron chi connectivity index (χ4n) is 5.32. The lowest BCUT2D eigenvalue weighted by Crippen LogP contribution is -2.49. The van der Waals surface area contributed by atoms with Gasteiger partial charge in [-0.05, 0) is 37.5 Å². The molecule has 3 heterocycles. The molecule has 1 fully saturated rings. The number of likely N-dealkylation sites (tertiary alicyclic amines) is 1. The average Bonchev–Trinajstić information content (AvgIpc) is 3.12. The molecule has 0 saturated carbocycles. The van der Waals surface area contributed by atoms with E-state index in [1.165, 1.54) is 12.8 Å². The van der Waals surface area contributed by atoms with E-state index in [1.807, 2.05) is 60.2 Å². The summed E-state index contributed by atoms with van der Waals surface area (Å²) in [5.41, 5.74) is 3.89. The molecule has 5 heteroatoms. The topological polar surface area (TPSA) is 45.6 Å². The minimum atomic E-state index is -0.512. The van der Waals surface area contributed by atoms with Gasteiger partial charge in [-0.15, -0.1) is 0 Å². The van der Waals surface area contributed by atoms with E-state index in [-0.39, 0.29) is 17.9 Å². The Hall–Kier alpha value is -3.08. The van der Waals surface area contributed by atoms with Gasteiger partial charge in [0, 0.05) is 48.4 Å². The van der Waals surface area contributed by atoms with Gasteiger partial charge in [0.1, 0.15) is 6.04 Å². The van der Waals surface area contributed by atoms with E-state index in [2.05, 4.69) is 22.9 Å².